The number of aryl methyl sites for hydroxylation is 1. The maximum absolute atomic E-state index is 12.3. The van der Waals surface area contributed by atoms with Gasteiger partial charge in [-0.3, -0.25) is 9.78 Å². The third-order valence-electron chi connectivity index (χ3n) is 3.16. The Balaban J connectivity index is 2.08. The summed E-state index contributed by atoms with van der Waals surface area (Å²) in [6, 6.07) is 11.3. The van der Waals surface area contributed by atoms with Crippen LogP contribution in [0.5, 0.6) is 5.75 Å². The summed E-state index contributed by atoms with van der Waals surface area (Å²) < 4.78 is 5.62. The van der Waals surface area contributed by atoms with Gasteiger partial charge in [0.25, 0.3) is 0 Å². The Kier molecular flexibility index (Phi) is 5.09. The Morgan fingerprint density at radius 3 is 2.67 bits per heavy atom. The zero-order chi connectivity index (χ0) is 15.2. The van der Waals surface area contributed by atoms with Crippen LogP contribution >= 0.6 is 0 Å². The molecule has 0 atom stereocenters. The Hall–Kier alpha value is -2.16. The van der Waals surface area contributed by atoms with Crippen molar-refractivity contribution in [2.75, 3.05) is 0 Å². The van der Waals surface area contributed by atoms with E-state index in [0.29, 0.717) is 12.0 Å². The summed E-state index contributed by atoms with van der Waals surface area (Å²) in [5.41, 5.74) is 2.64. The van der Waals surface area contributed by atoms with E-state index in [0.717, 1.165) is 17.9 Å². The molecule has 0 saturated heterocycles. The summed E-state index contributed by atoms with van der Waals surface area (Å²) in [5.74, 6) is 0.783. The smallest absolute Gasteiger partial charge is 0.168 e. The topological polar surface area (TPSA) is 39.2 Å². The lowest BCUT2D eigenvalue weighted by Gasteiger charge is -2.10. The number of rotatable bonds is 6. The molecule has 3 heteroatoms. The van der Waals surface area contributed by atoms with Crippen LogP contribution in [0, 0.1) is 0 Å². The molecule has 1 aromatic carbocycles. The molecular formula is C18H21NO2. The van der Waals surface area contributed by atoms with Crippen LogP contribution in [0.3, 0.4) is 0 Å². The summed E-state index contributed by atoms with van der Waals surface area (Å²) in [5, 5.41) is 0. The van der Waals surface area contributed by atoms with Crippen LogP contribution in [0.25, 0.3) is 0 Å². The third-order valence-corrected chi connectivity index (χ3v) is 3.16. The van der Waals surface area contributed by atoms with E-state index in [9.17, 15) is 4.79 Å². The third kappa shape index (κ3) is 4.42. The number of pyridine rings is 1. The van der Waals surface area contributed by atoms with Gasteiger partial charge in [-0.25, -0.2) is 0 Å². The van der Waals surface area contributed by atoms with Crippen LogP contribution in [0.15, 0.2) is 42.6 Å². The van der Waals surface area contributed by atoms with E-state index in [2.05, 4.69) is 11.9 Å². The minimum atomic E-state index is 0.0564. The SMILES string of the molecule is CCc1ccc(CC(=O)c2cccc(OC(C)C)c2)nc1. The molecule has 0 N–H and O–H groups in total. The van der Waals surface area contributed by atoms with Gasteiger partial charge in [0, 0.05) is 17.5 Å². The molecule has 1 heterocycles. The lowest BCUT2D eigenvalue weighted by Crippen LogP contribution is -2.08. The molecule has 1 aromatic heterocycles. The average Bonchev–Trinajstić information content (AvgIpc) is 2.47. The molecule has 0 bridgehead atoms. The van der Waals surface area contributed by atoms with Crippen molar-refractivity contribution in [3.05, 3.63) is 59.4 Å². The highest BCUT2D eigenvalue weighted by Crippen LogP contribution is 2.16. The van der Waals surface area contributed by atoms with Gasteiger partial charge in [0.05, 0.1) is 12.5 Å². The first-order chi connectivity index (χ1) is 10.1. The number of Topliss-reactive ketones (excluding diaryl/α,β-unsaturated/α-hetero) is 1. The Morgan fingerprint density at radius 2 is 2.05 bits per heavy atom. The largest absolute Gasteiger partial charge is 0.491 e. The molecule has 0 unspecified atom stereocenters. The van der Waals surface area contributed by atoms with Crippen molar-refractivity contribution >= 4 is 5.78 Å². The molecule has 3 nitrogen and oxygen atoms in total. The second-order valence-corrected chi connectivity index (χ2v) is 5.31. The zero-order valence-corrected chi connectivity index (χ0v) is 12.8. The highest BCUT2D eigenvalue weighted by molar-refractivity contribution is 5.97. The van der Waals surface area contributed by atoms with Gasteiger partial charge in [-0.15, -0.1) is 0 Å². The number of benzene rings is 1. The van der Waals surface area contributed by atoms with Gasteiger partial charge in [-0.05, 0) is 44.0 Å². The van der Waals surface area contributed by atoms with E-state index >= 15 is 0 Å². The van der Waals surface area contributed by atoms with E-state index in [4.69, 9.17) is 4.74 Å². The maximum atomic E-state index is 12.3. The van der Waals surface area contributed by atoms with Gasteiger partial charge in [0.1, 0.15) is 5.75 Å². The number of ketones is 1. The van der Waals surface area contributed by atoms with Gasteiger partial charge in [-0.2, -0.15) is 0 Å². The van der Waals surface area contributed by atoms with Crippen LogP contribution in [0.4, 0.5) is 0 Å². The van der Waals surface area contributed by atoms with Gasteiger partial charge in [-0.1, -0.05) is 25.1 Å². The summed E-state index contributed by atoms with van der Waals surface area (Å²) in [6.07, 6.45) is 3.20. The van der Waals surface area contributed by atoms with Crippen LogP contribution in [0.1, 0.15) is 42.4 Å². The first-order valence-corrected chi connectivity index (χ1v) is 7.32. The lowest BCUT2D eigenvalue weighted by atomic mass is 10.1. The fourth-order valence-corrected chi connectivity index (χ4v) is 2.05. The van der Waals surface area contributed by atoms with Crippen molar-refractivity contribution < 1.29 is 9.53 Å². The lowest BCUT2D eigenvalue weighted by molar-refractivity contribution is 0.0991. The molecular weight excluding hydrogens is 262 g/mol. The Bertz CT molecular complexity index is 603. The minimum Gasteiger partial charge on any atom is -0.491 e. The van der Waals surface area contributed by atoms with Crippen LogP contribution in [-0.2, 0) is 12.8 Å². The molecule has 21 heavy (non-hydrogen) atoms. The summed E-state index contributed by atoms with van der Waals surface area (Å²) in [6.45, 7) is 6.02. The predicted octanol–water partition coefficient (Wildman–Crippen LogP) is 3.86. The van der Waals surface area contributed by atoms with E-state index < -0.39 is 0 Å². The van der Waals surface area contributed by atoms with Gasteiger partial charge in [0.15, 0.2) is 5.78 Å². The molecule has 0 aliphatic rings. The fraction of sp³-hybridized carbons (Fsp3) is 0.333. The van der Waals surface area contributed by atoms with E-state index in [1.54, 1.807) is 6.07 Å². The first kappa shape index (κ1) is 15.2. The molecule has 2 rings (SSSR count). The van der Waals surface area contributed by atoms with E-state index in [1.165, 1.54) is 5.56 Å². The number of hydrogen-bond acceptors (Lipinski definition) is 3. The van der Waals surface area contributed by atoms with Gasteiger partial charge >= 0.3 is 0 Å². The summed E-state index contributed by atoms with van der Waals surface area (Å²) in [4.78, 5) is 16.6. The number of nitrogens with zero attached hydrogens (tertiary/aromatic N) is 1. The predicted molar refractivity (Wildman–Crippen MR) is 83.9 cm³/mol. The van der Waals surface area contributed by atoms with E-state index in [1.807, 2.05) is 50.4 Å². The number of hydrogen-bond donors (Lipinski definition) is 0. The van der Waals surface area contributed by atoms with Crippen LogP contribution in [-0.4, -0.2) is 16.9 Å². The quantitative estimate of drug-likeness (QED) is 0.756. The maximum Gasteiger partial charge on any atom is 0.168 e. The second-order valence-electron chi connectivity index (χ2n) is 5.31. The van der Waals surface area contributed by atoms with Crippen molar-refractivity contribution in [3.63, 3.8) is 0 Å². The molecule has 0 fully saturated rings. The number of carbonyl (C=O) groups excluding carboxylic acids is 1. The van der Waals surface area contributed by atoms with Gasteiger partial charge in [0.2, 0.25) is 0 Å². The molecule has 0 saturated carbocycles. The average molecular weight is 283 g/mol. The molecule has 0 aliphatic heterocycles. The fourth-order valence-electron chi connectivity index (χ4n) is 2.05. The molecule has 0 spiro atoms. The van der Waals surface area contributed by atoms with Crippen LogP contribution in [0.2, 0.25) is 0 Å². The van der Waals surface area contributed by atoms with Crippen molar-refractivity contribution in [2.45, 2.75) is 39.7 Å². The highest BCUT2D eigenvalue weighted by Gasteiger charge is 2.09. The Labute approximate surface area is 126 Å². The summed E-state index contributed by atoms with van der Waals surface area (Å²) >= 11 is 0. The minimum absolute atomic E-state index is 0.0564. The molecule has 0 amide bonds. The number of aromatic nitrogens is 1. The Morgan fingerprint density at radius 1 is 1.24 bits per heavy atom. The van der Waals surface area contributed by atoms with Gasteiger partial charge < -0.3 is 4.74 Å². The number of carbonyl (C=O) groups is 1. The van der Waals surface area contributed by atoms with Crippen LogP contribution < -0.4 is 4.74 Å². The molecule has 110 valence electrons. The highest BCUT2D eigenvalue weighted by atomic mass is 16.5. The number of ether oxygens (including phenoxy) is 1. The van der Waals surface area contributed by atoms with Crippen molar-refractivity contribution in [2.24, 2.45) is 0 Å². The monoisotopic (exact) mass is 283 g/mol. The van der Waals surface area contributed by atoms with Crippen molar-refractivity contribution in [1.82, 2.24) is 4.98 Å². The standard InChI is InChI=1S/C18H21NO2/c1-4-14-8-9-16(19-12-14)11-18(20)15-6-5-7-17(10-15)21-13(2)3/h5-10,12-13H,4,11H2,1-3H3. The molecule has 2 aromatic rings. The van der Waals surface area contributed by atoms with Crippen molar-refractivity contribution in [3.8, 4) is 5.75 Å². The normalized spacial score (nSPS) is 10.7. The first-order valence-electron chi connectivity index (χ1n) is 7.32. The second kappa shape index (κ2) is 7.02. The molecule has 0 radical (unpaired) electrons. The zero-order valence-electron chi connectivity index (χ0n) is 12.8. The van der Waals surface area contributed by atoms with E-state index in [-0.39, 0.29) is 11.9 Å². The molecule has 0 aliphatic carbocycles. The summed E-state index contributed by atoms with van der Waals surface area (Å²) in [7, 11) is 0. The van der Waals surface area contributed by atoms with Crippen molar-refractivity contribution in [1.29, 1.82) is 0 Å².